The molecule has 1 N–H and O–H groups in total. The number of hydrogen-bond acceptors (Lipinski definition) is 2. The van der Waals surface area contributed by atoms with Gasteiger partial charge in [-0.05, 0) is 17.7 Å². The number of imidazole rings is 1. The summed E-state index contributed by atoms with van der Waals surface area (Å²) in [5, 5.41) is 9.45. The quantitative estimate of drug-likeness (QED) is 0.933. The van der Waals surface area contributed by atoms with Crippen LogP contribution in [0.2, 0.25) is 10.3 Å². The van der Waals surface area contributed by atoms with E-state index >= 15 is 0 Å². The lowest BCUT2D eigenvalue weighted by atomic mass is 10.1. The highest BCUT2D eigenvalue weighted by atomic mass is 35.5. The van der Waals surface area contributed by atoms with Crippen LogP contribution >= 0.6 is 23.2 Å². The summed E-state index contributed by atoms with van der Waals surface area (Å²) in [4.78, 5) is 14.7. The summed E-state index contributed by atoms with van der Waals surface area (Å²) >= 11 is 11.6. The molecule has 2 aromatic rings. The van der Waals surface area contributed by atoms with E-state index in [1.54, 1.807) is 16.7 Å². The Morgan fingerprint density at radius 3 is 2.76 bits per heavy atom. The zero-order valence-corrected chi connectivity index (χ0v) is 10.1. The van der Waals surface area contributed by atoms with Crippen molar-refractivity contribution in [3.8, 4) is 0 Å². The average molecular weight is 271 g/mol. The van der Waals surface area contributed by atoms with Gasteiger partial charge < -0.3 is 9.67 Å². The first-order valence-corrected chi connectivity index (χ1v) is 5.52. The largest absolute Gasteiger partial charge is 0.478 e. The molecule has 6 heteroatoms. The highest BCUT2D eigenvalue weighted by Crippen LogP contribution is 2.20. The first-order valence-electron chi connectivity index (χ1n) is 4.76. The average Bonchev–Trinajstić information content (AvgIpc) is 2.61. The summed E-state index contributed by atoms with van der Waals surface area (Å²) < 4.78 is 1.64. The van der Waals surface area contributed by atoms with Gasteiger partial charge in [0.2, 0.25) is 0 Å². The number of benzene rings is 1. The second kappa shape index (κ2) is 4.77. The molecule has 0 bridgehead atoms. The molecule has 0 spiro atoms. The number of carboxylic acids is 1. The fourth-order valence-corrected chi connectivity index (χ4v) is 1.76. The summed E-state index contributed by atoms with van der Waals surface area (Å²) in [6.45, 7) is 0.430. The Morgan fingerprint density at radius 1 is 1.41 bits per heavy atom. The SMILES string of the molecule is O=C(O)c1cccc(Cn2cnc(Cl)c2Cl)c1. The number of halogens is 2. The molecule has 0 atom stereocenters. The molecule has 17 heavy (non-hydrogen) atoms. The van der Waals surface area contributed by atoms with E-state index in [0.29, 0.717) is 11.7 Å². The van der Waals surface area contributed by atoms with Crippen LogP contribution in [-0.2, 0) is 6.54 Å². The first kappa shape index (κ1) is 12.0. The van der Waals surface area contributed by atoms with Gasteiger partial charge in [0.15, 0.2) is 5.15 Å². The number of aromatic nitrogens is 2. The minimum Gasteiger partial charge on any atom is -0.478 e. The third kappa shape index (κ3) is 2.60. The van der Waals surface area contributed by atoms with Gasteiger partial charge in [0, 0.05) is 6.54 Å². The van der Waals surface area contributed by atoms with Crippen molar-refractivity contribution in [3.05, 3.63) is 52.0 Å². The Bertz CT molecular complexity index is 566. The molecular formula is C11H8Cl2N2O2. The van der Waals surface area contributed by atoms with Crippen molar-refractivity contribution in [1.29, 1.82) is 0 Å². The molecule has 2 rings (SSSR count). The molecule has 0 unspecified atom stereocenters. The lowest BCUT2D eigenvalue weighted by Crippen LogP contribution is -2.01. The minimum atomic E-state index is -0.957. The third-order valence-electron chi connectivity index (χ3n) is 2.26. The van der Waals surface area contributed by atoms with Crippen LogP contribution in [0.4, 0.5) is 0 Å². The van der Waals surface area contributed by atoms with Crippen molar-refractivity contribution in [1.82, 2.24) is 9.55 Å². The van der Waals surface area contributed by atoms with E-state index in [0.717, 1.165) is 5.56 Å². The lowest BCUT2D eigenvalue weighted by Gasteiger charge is -2.05. The van der Waals surface area contributed by atoms with Gasteiger partial charge in [-0.2, -0.15) is 0 Å². The molecule has 1 heterocycles. The highest BCUT2D eigenvalue weighted by molar-refractivity contribution is 6.40. The van der Waals surface area contributed by atoms with Crippen LogP contribution in [-0.4, -0.2) is 20.6 Å². The summed E-state index contributed by atoms with van der Waals surface area (Å²) in [5.41, 5.74) is 1.06. The molecular weight excluding hydrogens is 263 g/mol. The lowest BCUT2D eigenvalue weighted by molar-refractivity contribution is 0.0697. The van der Waals surface area contributed by atoms with Crippen LogP contribution in [0.25, 0.3) is 0 Å². The molecule has 0 aliphatic heterocycles. The van der Waals surface area contributed by atoms with Gasteiger partial charge in [0.05, 0.1) is 11.9 Å². The van der Waals surface area contributed by atoms with Crippen LogP contribution in [0.1, 0.15) is 15.9 Å². The van der Waals surface area contributed by atoms with Crippen LogP contribution in [0.5, 0.6) is 0 Å². The molecule has 0 aliphatic carbocycles. The Labute approximate surface area is 107 Å². The highest BCUT2D eigenvalue weighted by Gasteiger charge is 2.08. The van der Waals surface area contributed by atoms with Crippen molar-refractivity contribution < 1.29 is 9.90 Å². The van der Waals surface area contributed by atoms with E-state index in [4.69, 9.17) is 28.3 Å². The fraction of sp³-hybridized carbons (Fsp3) is 0.0909. The molecule has 0 aliphatic rings. The molecule has 0 saturated heterocycles. The summed E-state index contributed by atoms with van der Waals surface area (Å²) in [6, 6.07) is 6.63. The van der Waals surface area contributed by atoms with Gasteiger partial charge in [-0.25, -0.2) is 9.78 Å². The van der Waals surface area contributed by atoms with Crippen molar-refractivity contribution in [2.24, 2.45) is 0 Å². The van der Waals surface area contributed by atoms with E-state index in [2.05, 4.69) is 4.98 Å². The number of aromatic carboxylic acids is 1. The van der Waals surface area contributed by atoms with Crippen molar-refractivity contribution in [2.75, 3.05) is 0 Å². The second-order valence-corrected chi connectivity index (χ2v) is 4.18. The van der Waals surface area contributed by atoms with E-state index in [9.17, 15) is 4.79 Å². The smallest absolute Gasteiger partial charge is 0.335 e. The zero-order chi connectivity index (χ0) is 12.4. The standard InChI is InChI=1S/C11H8Cl2N2O2/c12-9-10(13)15(6-14-9)5-7-2-1-3-8(4-7)11(16)17/h1-4,6H,5H2,(H,16,17). The fourth-order valence-electron chi connectivity index (χ4n) is 1.45. The van der Waals surface area contributed by atoms with Gasteiger partial charge in [0.25, 0.3) is 0 Å². The van der Waals surface area contributed by atoms with Crippen LogP contribution < -0.4 is 0 Å². The van der Waals surface area contributed by atoms with Gasteiger partial charge in [-0.15, -0.1) is 0 Å². The van der Waals surface area contributed by atoms with Crippen molar-refractivity contribution in [2.45, 2.75) is 6.54 Å². The Hall–Kier alpha value is -1.52. The predicted octanol–water partition coefficient (Wildman–Crippen LogP) is 2.94. The molecule has 88 valence electrons. The van der Waals surface area contributed by atoms with Gasteiger partial charge >= 0.3 is 5.97 Å². The molecule has 4 nitrogen and oxygen atoms in total. The van der Waals surface area contributed by atoms with Gasteiger partial charge in [-0.3, -0.25) is 0 Å². The van der Waals surface area contributed by atoms with Crippen molar-refractivity contribution in [3.63, 3.8) is 0 Å². The number of carbonyl (C=O) groups is 1. The Balaban J connectivity index is 2.27. The zero-order valence-electron chi connectivity index (χ0n) is 8.60. The molecule has 1 aromatic heterocycles. The predicted molar refractivity (Wildman–Crippen MR) is 64.8 cm³/mol. The van der Waals surface area contributed by atoms with E-state index in [1.807, 2.05) is 6.07 Å². The third-order valence-corrected chi connectivity index (χ3v) is 3.03. The molecule has 0 saturated carbocycles. The van der Waals surface area contributed by atoms with Gasteiger partial charge in [-0.1, -0.05) is 35.3 Å². The Morgan fingerprint density at radius 2 is 2.18 bits per heavy atom. The van der Waals surface area contributed by atoms with Crippen molar-refractivity contribution >= 4 is 29.2 Å². The van der Waals surface area contributed by atoms with Crippen LogP contribution in [0.3, 0.4) is 0 Å². The normalized spacial score (nSPS) is 10.5. The number of carboxylic acid groups (broad SMARTS) is 1. The van der Waals surface area contributed by atoms with Crippen LogP contribution in [0, 0.1) is 0 Å². The topological polar surface area (TPSA) is 55.1 Å². The Kier molecular flexibility index (Phi) is 3.36. The van der Waals surface area contributed by atoms with E-state index < -0.39 is 5.97 Å². The maximum atomic E-state index is 10.8. The van der Waals surface area contributed by atoms with E-state index in [-0.39, 0.29) is 10.7 Å². The maximum absolute atomic E-state index is 10.8. The second-order valence-electron chi connectivity index (χ2n) is 3.46. The minimum absolute atomic E-state index is 0.237. The molecule has 0 fully saturated rings. The number of hydrogen-bond donors (Lipinski definition) is 1. The number of nitrogens with zero attached hydrogens (tertiary/aromatic N) is 2. The summed E-state index contributed by atoms with van der Waals surface area (Å²) in [7, 11) is 0. The summed E-state index contributed by atoms with van der Waals surface area (Å²) in [5.74, 6) is -0.957. The van der Waals surface area contributed by atoms with Gasteiger partial charge in [0.1, 0.15) is 5.15 Å². The molecule has 1 aromatic carbocycles. The number of rotatable bonds is 3. The van der Waals surface area contributed by atoms with Crippen LogP contribution in [0.15, 0.2) is 30.6 Å². The summed E-state index contributed by atoms with van der Waals surface area (Å²) in [6.07, 6.45) is 1.51. The molecule has 0 amide bonds. The first-order chi connectivity index (χ1) is 8.08. The monoisotopic (exact) mass is 270 g/mol. The molecule has 0 radical (unpaired) electrons. The van der Waals surface area contributed by atoms with E-state index in [1.165, 1.54) is 12.4 Å². The maximum Gasteiger partial charge on any atom is 0.335 e.